The SMILES string of the molecule is COc1cc(N=Nc2cc(S(=O)(=O)O)c3cccc(S(=O)(=O)O)c3c2)c(NC(C)=O)cc1Nc1nc(Cl)nc(NCCN2CCN(c3nc(Cl)nc(Nc4cc(S(=O)(=O)O)cc5cc(SOOO)c(N=Nc6ccc7c(S(=O)(=O)O)cccc7c6SOOO)c(O)c45)n3)CC2)n1. The normalized spacial score (nSPS) is 13.5. The number of methoxy groups -OCH3 is 1. The van der Waals surface area contributed by atoms with Gasteiger partial charge < -0.3 is 36.0 Å². The maximum atomic E-state index is 12.7. The number of anilines is 7. The standard InChI is InChI=1S/C51H44Cl2N16O21S6/c1-24(70)55-33-22-35(37(86-2)23-34(33)66-64-26-19-31-28(41(20-26)96(83,84)85)5-3-8-40(31)95(80,81)82)56-49-59-46(52)58-48(62-49)54-11-12-68-13-15-69(16-14-68)51-61-47(53)60-50(63-51)57-36-21-27(93(74,75)76)17-25-18-38(91-89-87-72)43(44(71)42(25)36)67-65-32-10-9-29-30(45(32)92-90-88-73)6-4-7-39(29)94(77,78)79/h3-10,17-23,71-73H,11-16H2,1-2H3,(H,55,70)(H,74,75,76)(H,77,78,79)(H,80,81,82)(H,83,84,85)(H,57,60,61,63)(H2,54,56,58,59,62). The number of nitrogens with one attached hydrogen (secondary N) is 4. The predicted octanol–water partition coefficient (Wildman–Crippen LogP) is 9.89. The Balaban J connectivity index is 0.841. The third-order valence-corrected chi connectivity index (χ3v) is 18.9. The number of hydrogen-bond donors (Lipinski definition) is 11. The van der Waals surface area contributed by atoms with E-state index in [0.717, 1.165) is 36.4 Å². The van der Waals surface area contributed by atoms with E-state index in [2.05, 4.69) is 95.3 Å². The quantitative estimate of drug-likeness (QED) is 0.00833. The second kappa shape index (κ2) is 29.0. The van der Waals surface area contributed by atoms with Crippen LogP contribution in [0.25, 0.3) is 32.3 Å². The van der Waals surface area contributed by atoms with Crippen LogP contribution in [0.4, 0.5) is 63.6 Å². The molecule has 0 atom stereocenters. The van der Waals surface area contributed by atoms with Gasteiger partial charge in [-0.2, -0.15) is 68.7 Å². The Labute approximate surface area is 559 Å². The first kappa shape index (κ1) is 70.3. The summed E-state index contributed by atoms with van der Waals surface area (Å²) >= 11 is 13.4. The molecule has 3 heterocycles. The van der Waals surface area contributed by atoms with Crippen molar-refractivity contribution in [3.05, 3.63) is 102 Å². The molecule has 1 saturated heterocycles. The first-order valence-corrected chi connectivity index (χ1v) is 34.6. The van der Waals surface area contributed by atoms with Crippen LogP contribution in [0.15, 0.2) is 141 Å². The first-order valence-electron chi connectivity index (χ1n) is 26.6. The Morgan fingerprint density at radius 1 is 0.615 bits per heavy atom. The Kier molecular flexibility index (Phi) is 21.2. The largest absolute Gasteiger partial charge is 0.505 e. The number of piperazine rings is 1. The van der Waals surface area contributed by atoms with Crippen molar-refractivity contribution < 1.29 is 95.8 Å². The number of fused-ring (bicyclic) bond motifs is 3. The van der Waals surface area contributed by atoms with Crippen LogP contribution >= 0.6 is 47.3 Å². The van der Waals surface area contributed by atoms with Gasteiger partial charge in [0.1, 0.15) is 37.5 Å². The highest BCUT2D eigenvalue weighted by Crippen LogP contribution is 2.49. The molecule has 45 heteroatoms. The van der Waals surface area contributed by atoms with Crippen molar-refractivity contribution in [1.29, 1.82) is 0 Å². The van der Waals surface area contributed by atoms with Crippen molar-refractivity contribution in [1.82, 2.24) is 34.8 Å². The summed E-state index contributed by atoms with van der Waals surface area (Å²) in [7, 11) is -18.3. The van der Waals surface area contributed by atoms with Crippen molar-refractivity contribution in [3.63, 3.8) is 0 Å². The van der Waals surface area contributed by atoms with Crippen LogP contribution in [0.3, 0.4) is 0 Å². The van der Waals surface area contributed by atoms with Crippen molar-refractivity contribution in [3.8, 4) is 11.5 Å². The molecule has 0 aliphatic carbocycles. The lowest BCUT2D eigenvalue weighted by molar-refractivity contribution is -0.432. The molecule has 0 unspecified atom stereocenters. The molecular formula is C51H44Cl2N16O21S6. The Morgan fingerprint density at radius 3 is 1.89 bits per heavy atom. The van der Waals surface area contributed by atoms with Crippen LogP contribution in [-0.2, 0) is 64.0 Å². The van der Waals surface area contributed by atoms with Crippen LogP contribution in [-0.4, -0.2) is 155 Å². The Bertz CT molecular complexity index is 5130. The third-order valence-electron chi connectivity index (χ3n) is 13.6. The van der Waals surface area contributed by atoms with Crippen molar-refractivity contribution in [2.24, 2.45) is 20.5 Å². The molecule has 1 aliphatic rings. The van der Waals surface area contributed by atoms with E-state index in [1.54, 1.807) is 4.90 Å². The minimum Gasteiger partial charge on any atom is -0.505 e. The summed E-state index contributed by atoms with van der Waals surface area (Å²) in [6.45, 7) is 3.46. The molecule has 96 heavy (non-hydrogen) atoms. The number of aromatic nitrogens is 6. The zero-order valence-corrected chi connectivity index (χ0v) is 54.7. The molecule has 1 fully saturated rings. The van der Waals surface area contributed by atoms with E-state index in [0.29, 0.717) is 44.8 Å². The average Bonchev–Trinajstić information content (AvgIpc) is 0.775. The number of azo groups is 2. The molecule has 9 aromatic rings. The minimum atomic E-state index is -4.98. The molecule has 0 saturated carbocycles. The minimum absolute atomic E-state index is 0.00613. The fourth-order valence-corrected chi connectivity index (χ4v) is 13.7. The number of amides is 1. The van der Waals surface area contributed by atoms with Gasteiger partial charge in [0.25, 0.3) is 40.5 Å². The van der Waals surface area contributed by atoms with E-state index in [9.17, 15) is 61.8 Å². The number of ether oxygens (including phenoxy) is 1. The number of carbonyl (C=O) groups excluding carboxylic acids is 1. The predicted molar refractivity (Wildman–Crippen MR) is 343 cm³/mol. The van der Waals surface area contributed by atoms with E-state index in [1.165, 1.54) is 68.6 Å². The highest BCUT2D eigenvalue weighted by Gasteiger charge is 2.27. The third kappa shape index (κ3) is 16.5. The van der Waals surface area contributed by atoms with Crippen LogP contribution in [0.2, 0.25) is 10.6 Å². The number of aromatic hydroxyl groups is 1. The number of rotatable bonds is 25. The lowest BCUT2D eigenvalue weighted by Crippen LogP contribution is -2.48. The molecular weight excluding hydrogens is 1440 g/mol. The number of phenols is 1. The summed E-state index contributed by atoms with van der Waals surface area (Å²) < 4.78 is 154. The van der Waals surface area contributed by atoms with E-state index in [1.807, 2.05) is 0 Å². The molecule has 7 aromatic carbocycles. The van der Waals surface area contributed by atoms with Crippen molar-refractivity contribution >= 4 is 190 Å². The Hall–Kier alpha value is -8.55. The van der Waals surface area contributed by atoms with Gasteiger partial charge in [-0.05, 0) is 83.2 Å². The summed E-state index contributed by atoms with van der Waals surface area (Å²) in [6.07, 6.45) is 0. The van der Waals surface area contributed by atoms with Crippen molar-refractivity contribution in [2.45, 2.75) is 36.3 Å². The fraction of sp³-hybridized carbons (Fsp3) is 0.157. The number of nitrogens with zero attached hydrogens (tertiary/aromatic N) is 12. The summed E-state index contributed by atoms with van der Waals surface area (Å²) in [6, 6.07) is 17.7. The van der Waals surface area contributed by atoms with Gasteiger partial charge in [0.2, 0.25) is 40.3 Å². The lowest BCUT2D eigenvalue weighted by atomic mass is 10.1. The average molecular weight is 1480 g/mol. The van der Waals surface area contributed by atoms with E-state index in [-0.39, 0.29) is 135 Å². The molecule has 0 bridgehead atoms. The van der Waals surface area contributed by atoms with Gasteiger partial charge in [0.15, 0.2) is 5.75 Å². The highest BCUT2D eigenvalue weighted by molar-refractivity contribution is 7.95. The number of carbonyl (C=O) groups is 1. The molecule has 2 aromatic heterocycles. The van der Waals surface area contributed by atoms with Gasteiger partial charge in [0, 0.05) is 79.2 Å². The van der Waals surface area contributed by atoms with Crippen molar-refractivity contribution in [2.75, 3.05) is 72.5 Å². The number of phenolic OH excluding ortho intramolecular Hbond substituents is 1. The van der Waals surface area contributed by atoms with Gasteiger partial charge >= 0.3 is 0 Å². The maximum absolute atomic E-state index is 12.7. The number of halogens is 2. The second-order valence-electron chi connectivity index (χ2n) is 19.7. The maximum Gasteiger partial charge on any atom is 0.295 e. The lowest BCUT2D eigenvalue weighted by Gasteiger charge is -2.34. The van der Waals surface area contributed by atoms with Crippen LogP contribution in [0.1, 0.15) is 6.92 Å². The monoisotopic (exact) mass is 1480 g/mol. The fourth-order valence-electron chi connectivity index (χ4n) is 9.64. The van der Waals surface area contributed by atoms with E-state index in [4.69, 9.17) is 38.5 Å². The summed E-state index contributed by atoms with van der Waals surface area (Å²) in [4.78, 5) is 39.2. The molecule has 504 valence electrons. The molecule has 11 N–H and O–H groups in total. The van der Waals surface area contributed by atoms with Gasteiger partial charge in [-0.25, -0.2) is 10.5 Å². The molecule has 0 spiro atoms. The van der Waals surface area contributed by atoms with Gasteiger partial charge in [0.05, 0.1) is 68.6 Å². The summed E-state index contributed by atoms with van der Waals surface area (Å²) in [5, 5.41) is 64.5. The smallest absolute Gasteiger partial charge is 0.295 e. The van der Waals surface area contributed by atoms with Crippen LogP contribution < -0.4 is 30.9 Å². The van der Waals surface area contributed by atoms with Crippen LogP contribution in [0, 0.1) is 0 Å². The number of benzene rings is 7. The molecule has 1 amide bonds. The summed E-state index contributed by atoms with van der Waals surface area (Å²) in [5.41, 5.74) is -0.913. The zero-order valence-electron chi connectivity index (χ0n) is 48.3. The van der Waals surface area contributed by atoms with Gasteiger partial charge in [-0.1, -0.05) is 40.4 Å². The zero-order chi connectivity index (χ0) is 69.0. The second-order valence-corrected chi connectivity index (χ2v) is 27.4. The van der Waals surface area contributed by atoms with E-state index < -0.39 is 77.4 Å². The topological polar surface area (TPSA) is 523 Å². The molecule has 1 aliphatic heterocycles. The highest BCUT2D eigenvalue weighted by atomic mass is 35.5. The van der Waals surface area contributed by atoms with Gasteiger partial charge in [-0.3, -0.25) is 27.9 Å². The first-order chi connectivity index (χ1) is 45.5. The van der Waals surface area contributed by atoms with Gasteiger partial charge in [-0.15, -0.1) is 24.0 Å². The number of hydrogen-bond acceptors (Lipinski definition) is 34. The van der Waals surface area contributed by atoms with Crippen LogP contribution in [0.5, 0.6) is 11.5 Å². The Morgan fingerprint density at radius 2 is 1.23 bits per heavy atom. The molecule has 10 rings (SSSR count). The van der Waals surface area contributed by atoms with E-state index >= 15 is 0 Å². The molecule has 0 radical (unpaired) electrons. The molecule has 37 nitrogen and oxygen atoms in total. The summed E-state index contributed by atoms with van der Waals surface area (Å²) in [5.74, 6) is -1.45.